The van der Waals surface area contributed by atoms with Crippen LogP contribution in [-0.4, -0.2) is 21.3 Å². The molecule has 0 spiro atoms. The minimum absolute atomic E-state index is 0.0391. The van der Waals surface area contributed by atoms with E-state index in [0.717, 1.165) is 34.4 Å². The second-order valence-electron chi connectivity index (χ2n) is 4.02. The number of hydrogen-bond donors (Lipinski definition) is 1. The third-order valence-electron chi connectivity index (χ3n) is 3.18. The van der Waals surface area contributed by atoms with E-state index >= 15 is 0 Å². The molecule has 4 heteroatoms. The van der Waals surface area contributed by atoms with E-state index in [0.29, 0.717) is 0 Å². The highest BCUT2D eigenvalue weighted by Crippen LogP contribution is 2.53. The van der Waals surface area contributed by atoms with Gasteiger partial charge in [-0.3, -0.25) is 0 Å². The lowest BCUT2D eigenvalue weighted by molar-refractivity contribution is 0.369. The summed E-state index contributed by atoms with van der Waals surface area (Å²) < 4.78 is 11.9. The lowest BCUT2D eigenvalue weighted by atomic mass is 10.0. The van der Waals surface area contributed by atoms with E-state index in [2.05, 4.69) is 21.2 Å². The molecule has 1 aliphatic carbocycles. The van der Waals surface area contributed by atoms with E-state index in [9.17, 15) is 0 Å². The van der Waals surface area contributed by atoms with Gasteiger partial charge in [0.1, 0.15) is 11.5 Å². The number of halogens is 1. The van der Waals surface area contributed by atoms with Gasteiger partial charge in [-0.05, 0) is 32.0 Å². The van der Waals surface area contributed by atoms with E-state index in [1.165, 1.54) is 0 Å². The third-order valence-corrected chi connectivity index (χ3v) is 3.64. The second-order valence-corrected chi connectivity index (χ2v) is 4.93. The molecule has 2 rings (SSSR count). The number of ether oxygens (including phenoxy) is 2. The topological polar surface area (TPSA) is 30.5 Å². The number of rotatable bonds is 4. The van der Waals surface area contributed by atoms with Crippen molar-refractivity contribution in [2.24, 2.45) is 0 Å². The van der Waals surface area contributed by atoms with Crippen LogP contribution >= 0.6 is 15.9 Å². The molecular weight excluding hydrogens is 270 g/mol. The first-order valence-electron chi connectivity index (χ1n) is 5.28. The SMILES string of the molecule is CNC1(c2c(OC)cc(Br)cc2OC)CC1. The average molecular weight is 286 g/mol. The molecule has 0 saturated heterocycles. The highest BCUT2D eigenvalue weighted by molar-refractivity contribution is 9.10. The van der Waals surface area contributed by atoms with Gasteiger partial charge >= 0.3 is 0 Å². The largest absolute Gasteiger partial charge is 0.496 e. The number of benzene rings is 1. The van der Waals surface area contributed by atoms with Gasteiger partial charge in [0, 0.05) is 4.47 Å². The maximum absolute atomic E-state index is 5.45. The Labute approximate surface area is 104 Å². The van der Waals surface area contributed by atoms with Gasteiger partial charge in [0.05, 0.1) is 25.3 Å². The minimum Gasteiger partial charge on any atom is -0.496 e. The predicted octanol–water partition coefficient (Wildman–Crippen LogP) is 2.67. The first-order chi connectivity index (χ1) is 7.66. The highest BCUT2D eigenvalue weighted by Gasteiger charge is 2.47. The normalized spacial score (nSPS) is 17.0. The van der Waals surface area contributed by atoms with Gasteiger partial charge < -0.3 is 14.8 Å². The Kier molecular flexibility index (Phi) is 3.13. The van der Waals surface area contributed by atoms with Crippen molar-refractivity contribution in [3.05, 3.63) is 22.2 Å². The Morgan fingerprint density at radius 2 is 1.69 bits per heavy atom. The van der Waals surface area contributed by atoms with Gasteiger partial charge in [0.2, 0.25) is 0 Å². The Bertz CT molecular complexity index is 377. The zero-order valence-electron chi connectivity index (χ0n) is 9.76. The van der Waals surface area contributed by atoms with Gasteiger partial charge in [-0.25, -0.2) is 0 Å². The molecule has 1 aliphatic rings. The van der Waals surface area contributed by atoms with Gasteiger partial charge in [-0.1, -0.05) is 15.9 Å². The monoisotopic (exact) mass is 285 g/mol. The Morgan fingerprint density at radius 1 is 1.19 bits per heavy atom. The van der Waals surface area contributed by atoms with Gasteiger partial charge in [0.15, 0.2) is 0 Å². The van der Waals surface area contributed by atoms with Crippen molar-refractivity contribution in [1.29, 1.82) is 0 Å². The number of hydrogen-bond acceptors (Lipinski definition) is 3. The molecule has 88 valence electrons. The van der Waals surface area contributed by atoms with Crippen LogP contribution in [0.2, 0.25) is 0 Å². The smallest absolute Gasteiger partial charge is 0.128 e. The summed E-state index contributed by atoms with van der Waals surface area (Å²) >= 11 is 3.46. The van der Waals surface area contributed by atoms with Crippen molar-refractivity contribution in [3.63, 3.8) is 0 Å². The van der Waals surface area contributed by atoms with Crippen LogP contribution in [0.15, 0.2) is 16.6 Å². The van der Waals surface area contributed by atoms with Crippen LogP contribution in [0.25, 0.3) is 0 Å². The summed E-state index contributed by atoms with van der Waals surface area (Å²) in [5.74, 6) is 1.75. The van der Waals surface area contributed by atoms with Gasteiger partial charge in [-0.15, -0.1) is 0 Å². The second kappa shape index (κ2) is 4.26. The highest BCUT2D eigenvalue weighted by atomic mass is 79.9. The van der Waals surface area contributed by atoms with Crippen LogP contribution in [0.4, 0.5) is 0 Å². The standard InChI is InChI=1S/C12H16BrNO2/c1-14-12(4-5-12)11-9(15-2)6-8(13)7-10(11)16-3/h6-7,14H,4-5H2,1-3H3. The molecule has 0 heterocycles. The van der Waals surface area contributed by atoms with Crippen molar-refractivity contribution in [2.75, 3.05) is 21.3 Å². The molecule has 0 aliphatic heterocycles. The van der Waals surface area contributed by atoms with E-state index in [1.54, 1.807) is 14.2 Å². The third kappa shape index (κ3) is 1.80. The van der Waals surface area contributed by atoms with E-state index in [1.807, 2.05) is 19.2 Å². The average Bonchev–Trinajstić information content (AvgIpc) is 3.08. The fourth-order valence-corrected chi connectivity index (χ4v) is 2.52. The summed E-state index contributed by atoms with van der Waals surface area (Å²) in [5, 5.41) is 3.36. The van der Waals surface area contributed by atoms with Crippen molar-refractivity contribution >= 4 is 15.9 Å². The number of methoxy groups -OCH3 is 2. The Hall–Kier alpha value is -0.740. The Morgan fingerprint density at radius 3 is 2.00 bits per heavy atom. The molecule has 16 heavy (non-hydrogen) atoms. The molecule has 3 nitrogen and oxygen atoms in total. The molecule has 1 N–H and O–H groups in total. The van der Waals surface area contributed by atoms with Crippen LogP contribution in [-0.2, 0) is 5.54 Å². The van der Waals surface area contributed by atoms with Crippen LogP contribution in [0.5, 0.6) is 11.5 Å². The fourth-order valence-electron chi connectivity index (χ4n) is 2.10. The predicted molar refractivity (Wildman–Crippen MR) is 67.2 cm³/mol. The summed E-state index contributed by atoms with van der Waals surface area (Å²) in [7, 11) is 5.36. The Balaban J connectivity index is 2.56. The summed E-state index contributed by atoms with van der Waals surface area (Å²) in [6.45, 7) is 0. The maximum Gasteiger partial charge on any atom is 0.128 e. The van der Waals surface area contributed by atoms with E-state index in [-0.39, 0.29) is 5.54 Å². The maximum atomic E-state index is 5.45. The van der Waals surface area contributed by atoms with Crippen LogP contribution in [0.3, 0.4) is 0 Å². The van der Waals surface area contributed by atoms with Gasteiger partial charge in [0.25, 0.3) is 0 Å². The zero-order chi connectivity index (χ0) is 11.8. The lowest BCUT2D eigenvalue weighted by Crippen LogP contribution is -2.25. The molecule has 1 aromatic carbocycles. The molecule has 0 radical (unpaired) electrons. The minimum atomic E-state index is 0.0391. The summed E-state index contributed by atoms with van der Waals surface area (Å²) in [4.78, 5) is 0. The van der Waals surface area contributed by atoms with Crippen LogP contribution < -0.4 is 14.8 Å². The van der Waals surface area contributed by atoms with Crippen LogP contribution in [0.1, 0.15) is 18.4 Å². The summed E-state index contributed by atoms with van der Waals surface area (Å²) in [6, 6.07) is 3.96. The van der Waals surface area contributed by atoms with Crippen molar-refractivity contribution in [2.45, 2.75) is 18.4 Å². The number of nitrogens with one attached hydrogen (secondary N) is 1. The summed E-state index contributed by atoms with van der Waals surface area (Å²) in [5.41, 5.74) is 1.17. The molecule has 0 amide bonds. The van der Waals surface area contributed by atoms with Crippen molar-refractivity contribution in [1.82, 2.24) is 5.32 Å². The molecular formula is C12H16BrNO2. The first-order valence-corrected chi connectivity index (χ1v) is 6.07. The molecule has 0 unspecified atom stereocenters. The molecule has 0 aromatic heterocycles. The lowest BCUT2D eigenvalue weighted by Gasteiger charge is -2.21. The molecule has 0 bridgehead atoms. The van der Waals surface area contributed by atoms with Crippen LogP contribution in [0, 0.1) is 0 Å². The van der Waals surface area contributed by atoms with Crippen molar-refractivity contribution in [3.8, 4) is 11.5 Å². The molecule has 1 saturated carbocycles. The van der Waals surface area contributed by atoms with E-state index in [4.69, 9.17) is 9.47 Å². The quantitative estimate of drug-likeness (QED) is 0.923. The zero-order valence-corrected chi connectivity index (χ0v) is 11.3. The van der Waals surface area contributed by atoms with Gasteiger partial charge in [-0.2, -0.15) is 0 Å². The first kappa shape index (κ1) is 11.7. The molecule has 1 aromatic rings. The molecule has 0 atom stereocenters. The van der Waals surface area contributed by atoms with E-state index < -0.39 is 0 Å². The molecule has 1 fully saturated rings. The fraction of sp³-hybridized carbons (Fsp3) is 0.500. The van der Waals surface area contributed by atoms with Crippen molar-refractivity contribution < 1.29 is 9.47 Å². The summed E-state index contributed by atoms with van der Waals surface area (Å²) in [6.07, 6.45) is 2.25.